The Morgan fingerprint density at radius 1 is 1.36 bits per heavy atom. The van der Waals surface area contributed by atoms with E-state index in [1.165, 1.54) is 0 Å². The first-order valence-electron chi connectivity index (χ1n) is 4.68. The predicted molar refractivity (Wildman–Crippen MR) is 54.7 cm³/mol. The third-order valence-corrected chi connectivity index (χ3v) is 3.52. The molecule has 82 valence electrons. The Balaban J connectivity index is 2.64. The van der Waals surface area contributed by atoms with E-state index in [0.717, 1.165) is 0 Å². The van der Waals surface area contributed by atoms with Gasteiger partial charge in [-0.2, -0.15) is 0 Å². The van der Waals surface area contributed by atoms with Crippen LogP contribution < -0.4 is 0 Å². The number of amides is 1. The molecule has 0 aromatic rings. The molecule has 1 heterocycles. The molecule has 4 nitrogen and oxygen atoms in total. The van der Waals surface area contributed by atoms with Gasteiger partial charge in [0.25, 0.3) is 0 Å². The normalized spacial score (nSPS) is 22.5. The quantitative estimate of drug-likeness (QED) is 0.637. The van der Waals surface area contributed by atoms with Gasteiger partial charge in [0.2, 0.25) is 5.91 Å². The molecule has 0 N–H and O–H groups in total. The zero-order chi connectivity index (χ0) is 11.0. The number of nitrogens with zero attached hydrogens (tertiary/aromatic N) is 1. The van der Waals surface area contributed by atoms with E-state index in [9.17, 15) is 13.2 Å². The van der Waals surface area contributed by atoms with Gasteiger partial charge in [-0.15, -0.1) is 0 Å². The van der Waals surface area contributed by atoms with Crippen molar-refractivity contribution in [3.63, 3.8) is 0 Å². The summed E-state index contributed by atoms with van der Waals surface area (Å²) >= 11 is 0. The molecule has 0 radical (unpaired) electrons. The van der Waals surface area contributed by atoms with Crippen LogP contribution in [0, 0.1) is 5.41 Å². The van der Waals surface area contributed by atoms with E-state index in [2.05, 4.69) is 0 Å². The summed E-state index contributed by atoms with van der Waals surface area (Å²) in [5.74, 6) is -0.469. The van der Waals surface area contributed by atoms with Gasteiger partial charge in [-0.05, 0) is 5.41 Å². The highest BCUT2D eigenvalue weighted by molar-refractivity contribution is 7.92. The standard InChI is InChI=1S/C9H17NO3S/c1-9(2,3)7-10-4-5-14(12,13)6-8(10)11/h4-7H2,1-3H3. The maximum Gasteiger partial charge on any atom is 0.237 e. The third-order valence-electron chi connectivity index (χ3n) is 2.03. The molecule has 0 aromatic heterocycles. The van der Waals surface area contributed by atoms with Crippen molar-refractivity contribution in [3.8, 4) is 0 Å². The summed E-state index contributed by atoms with van der Waals surface area (Å²) in [6.45, 7) is 7.07. The Hall–Kier alpha value is -0.580. The van der Waals surface area contributed by atoms with Crippen molar-refractivity contribution >= 4 is 15.7 Å². The van der Waals surface area contributed by atoms with Gasteiger partial charge in [-0.25, -0.2) is 8.42 Å². The molecule has 14 heavy (non-hydrogen) atoms. The average molecular weight is 219 g/mol. The summed E-state index contributed by atoms with van der Waals surface area (Å²) < 4.78 is 22.2. The number of carbonyl (C=O) groups is 1. The number of sulfone groups is 1. The minimum atomic E-state index is -3.11. The fraction of sp³-hybridized carbons (Fsp3) is 0.889. The summed E-state index contributed by atoms with van der Waals surface area (Å²) in [6.07, 6.45) is 0. The van der Waals surface area contributed by atoms with Gasteiger partial charge in [-0.1, -0.05) is 20.8 Å². The first-order valence-corrected chi connectivity index (χ1v) is 6.50. The molecule has 0 unspecified atom stereocenters. The Morgan fingerprint density at radius 2 is 1.93 bits per heavy atom. The van der Waals surface area contributed by atoms with Crippen molar-refractivity contribution in [1.29, 1.82) is 0 Å². The Kier molecular flexibility index (Phi) is 2.90. The van der Waals surface area contributed by atoms with E-state index in [1.807, 2.05) is 20.8 Å². The molecule has 1 rings (SSSR count). The molecule has 0 saturated carbocycles. The summed E-state index contributed by atoms with van der Waals surface area (Å²) in [6, 6.07) is 0. The van der Waals surface area contributed by atoms with Crippen LogP contribution in [0.5, 0.6) is 0 Å². The van der Waals surface area contributed by atoms with Crippen molar-refractivity contribution in [2.75, 3.05) is 24.6 Å². The molecule has 1 aliphatic heterocycles. The minimum absolute atomic E-state index is 0.0246. The number of hydrogen-bond acceptors (Lipinski definition) is 3. The van der Waals surface area contributed by atoms with Crippen molar-refractivity contribution < 1.29 is 13.2 Å². The number of carbonyl (C=O) groups excluding carboxylic acids is 1. The zero-order valence-electron chi connectivity index (χ0n) is 8.91. The Morgan fingerprint density at radius 3 is 2.36 bits per heavy atom. The summed E-state index contributed by atoms with van der Waals surface area (Å²) in [5.41, 5.74) is 0.0246. The molecular weight excluding hydrogens is 202 g/mol. The van der Waals surface area contributed by atoms with Crippen LogP contribution in [0.1, 0.15) is 20.8 Å². The lowest BCUT2D eigenvalue weighted by molar-refractivity contribution is -0.129. The van der Waals surface area contributed by atoms with Crippen LogP contribution in [0.3, 0.4) is 0 Å². The van der Waals surface area contributed by atoms with E-state index in [4.69, 9.17) is 0 Å². The fourth-order valence-electron chi connectivity index (χ4n) is 1.47. The van der Waals surface area contributed by atoms with Crippen LogP contribution in [0.2, 0.25) is 0 Å². The second-order valence-corrected chi connectivity index (χ2v) is 7.15. The molecule has 0 aromatic carbocycles. The van der Waals surface area contributed by atoms with Gasteiger partial charge in [0.05, 0.1) is 5.75 Å². The van der Waals surface area contributed by atoms with E-state index in [0.29, 0.717) is 13.1 Å². The van der Waals surface area contributed by atoms with Crippen LogP contribution in [0.15, 0.2) is 0 Å². The summed E-state index contributed by atoms with van der Waals surface area (Å²) in [7, 11) is -3.11. The summed E-state index contributed by atoms with van der Waals surface area (Å²) in [5, 5.41) is 0. The molecule has 1 fully saturated rings. The first-order chi connectivity index (χ1) is 6.20. The van der Waals surface area contributed by atoms with Gasteiger partial charge in [-0.3, -0.25) is 4.79 Å². The van der Waals surface area contributed by atoms with Gasteiger partial charge in [0.1, 0.15) is 5.75 Å². The van der Waals surface area contributed by atoms with Crippen LogP contribution in [0.25, 0.3) is 0 Å². The lowest BCUT2D eigenvalue weighted by Crippen LogP contribution is -2.48. The number of hydrogen-bond donors (Lipinski definition) is 0. The van der Waals surface area contributed by atoms with Crippen LogP contribution in [-0.4, -0.2) is 43.8 Å². The second kappa shape index (κ2) is 3.53. The van der Waals surface area contributed by atoms with Crippen molar-refractivity contribution in [2.45, 2.75) is 20.8 Å². The average Bonchev–Trinajstić information content (AvgIpc) is 1.92. The largest absolute Gasteiger partial charge is 0.340 e. The maximum absolute atomic E-state index is 11.4. The highest BCUT2D eigenvalue weighted by Gasteiger charge is 2.30. The molecule has 1 aliphatic rings. The van der Waals surface area contributed by atoms with E-state index < -0.39 is 9.84 Å². The van der Waals surface area contributed by atoms with Gasteiger partial charge < -0.3 is 4.90 Å². The smallest absolute Gasteiger partial charge is 0.237 e. The second-order valence-electron chi connectivity index (χ2n) is 4.97. The van der Waals surface area contributed by atoms with Gasteiger partial charge >= 0.3 is 0 Å². The lowest BCUT2D eigenvalue weighted by Gasteiger charge is -2.32. The first kappa shape index (κ1) is 11.5. The topological polar surface area (TPSA) is 54.5 Å². The monoisotopic (exact) mass is 219 g/mol. The molecule has 0 bridgehead atoms. The van der Waals surface area contributed by atoms with Crippen molar-refractivity contribution in [1.82, 2.24) is 4.90 Å². The molecule has 0 aliphatic carbocycles. The SMILES string of the molecule is CC(C)(C)CN1CCS(=O)(=O)CC1=O. The van der Waals surface area contributed by atoms with Crippen LogP contribution in [0.4, 0.5) is 0 Å². The highest BCUT2D eigenvalue weighted by atomic mass is 32.2. The molecule has 0 spiro atoms. The zero-order valence-corrected chi connectivity index (χ0v) is 9.73. The molecular formula is C9H17NO3S. The lowest BCUT2D eigenvalue weighted by atomic mass is 9.96. The van der Waals surface area contributed by atoms with Crippen LogP contribution in [-0.2, 0) is 14.6 Å². The van der Waals surface area contributed by atoms with E-state index >= 15 is 0 Å². The Labute approximate surface area is 85.2 Å². The Bertz CT molecular complexity index is 326. The molecule has 1 saturated heterocycles. The van der Waals surface area contributed by atoms with Crippen molar-refractivity contribution in [2.24, 2.45) is 5.41 Å². The van der Waals surface area contributed by atoms with E-state index in [-0.39, 0.29) is 22.8 Å². The maximum atomic E-state index is 11.4. The fourth-order valence-corrected chi connectivity index (χ4v) is 2.67. The van der Waals surface area contributed by atoms with Gasteiger partial charge in [0, 0.05) is 13.1 Å². The molecule has 1 amide bonds. The number of rotatable bonds is 1. The third kappa shape index (κ3) is 3.29. The molecule has 5 heteroatoms. The minimum Gasteiger partial charge on any atom is -0.340 e. The van der Waals surface area contributed by atoms with Crippen LogP contribution >= 0.6 is 0 Å². The van der Waals surface area contributed by atoms with Crippen molar-refractivity contribution in [3.05, 3.63) is 0 Å². The predicted octanol–water partition coefficient (Wildman–Crippen LogP) is 0.289. The highest BCUT2D eigenvalue weighted by Crippen LogP contribution is 2.17. The molecule has 0 atom stereocenters. The van der Waals surface area contributed by atoms with E-state index in [1.54, 1.807) is 4.90 Å². The van der Waals surface area contributed by atoms with Gasteiger partial charge in [0.15, 0.2) is 9.84 Å². The summed E-state index contributed by atoms with van der Waals surface area (Å²) in [4.78, 5) is 13.1.